The number of benzene rings is 1. The number of rotatable bonds is 6. The molecule has 0 aliphatic carbocycles. The van der Waals surface area contributed by atoms with Crippen molar-refractivity contribution in [1.82, 2.24) is 15.1 Å². The average Bonchev–Trinajstić information content (AvgIpc) is 2.90. The molecular formula is C17H21N3O3. The van der Waals surface area contributed by atoms with Crippen molar-refractivity contribution in [2.75, 3.05) is 6.54 Å². The van der Waals surface area contributed by atoms with E-state index in [1.165, 1.54) is 6.20 Å². The van der Waals surface area contributed by atoms with Crippen LogP contribution < -0.4 is 5.32 Å². The van der Waals surface area contributed by atoms with Crippen molar-refractivity contribution in [1.29, 1.82) is 0 Å². The average molecular weight is 315 g/mol. The Morgan fingerprint density at radius 3 is 2.43 bits per heavy atom. The van der Waals surface area contributed by atoms with Gasteiger partial charge in [-0.2, -0.15) is 5.10 Å². The molecule has 6 nitrogen and oxygen atoms in total. The van der Waals surface area contributed by atoms with Gasteiger partial charge in [0.05, 0.1) is 17.7 Å². The van der Waals surface area contributed by atoms with Crippen molar-refractivity contribution in [2.45, 2.75) is 32.7 Å². The number of nitrogens with one attached hydrogen (secondary N) is 1. The quantitative estimate of drug-likeness (QED) is 0.857. The second-order valence-corrected chi connectivity index (χ2v) is 5.69. The predicted octanol–water partition coefficient (Wildman–Crippen LogP) is 2.37. The molecule has 2 N–H and O–H groups in total. The minimum atomic E-state index is -0.967. The Hall–Kier alpha value is -2.63. The zero-order valence-electron chi connectivity index (χ0n) is 13.5. The van der Waals surface area contributed by atoms with E-state index in [-0.39, 0.29) is 18.5 Å². The van der Waals surface area contributed by atoms with Crippen LogP contribution in [0.15, 0.2) is 36.5 Å². The van der Waals surface area contributed by atoms with Crippen molar-refractivity contribution < 1.29 is 14.7 Å². The first kappa shape index (κ1) is 16.7. The Balaban J connectivity index is 2.09. The van der Waals surface area contributed by atoms with Crippen LogP contribution in [0.1, 0.15) is 47.4 Å². The maximum atomic E-state index is 12.3. The molecular weight excluding hydrogens is 294 g/mol. The summed E-state index contributed by atoms with van der Waals surface area (Å²) in [5.41, 5.74) is 1.90. The fourth-order valence-electron chi connectivity index (χ4n) is 2.49. The maximum Gasteiger partial charge on any atom is 0.312 e. The fraction of sp³-hybridized carbons (Fsp3) is 0.353. The number of aliphatic carboxylic acids is 1. The maximum absolute atomic E-state index is 12.3. The summed E-state index contributed by atoms with van der Waals surface area (Å²) in [6.07, 6.45) is 1.52. The van der Waals surface area contributed by atoms with Crippen LogP contribution in [0.25, 0.3) is 0 Å². The molecule has 0 radical (unpaired) electrons. The van der Waals surface area contributed by atoms with E-state index in [4.69, 9.17) is 0 Å². The summed E-state index contributed by atoms with van der Waals surface area (Å²) >= 11 is 0. The van der Waals surface area contributed by atoms with Crippen LogP contribution >= 0.6 is 0 Å². The second kappa shape index (κ2) is 7.09. The van der Waals surface area contributed by atoms with Crippen LogP contribution in [-0.4, -0.2) is 33.3 Å². The molecule has 0 bridgehead atoms. The lowest BCUT2D eigenvalue weighted by Gasteiger charge is -2.14. The summed E-state index contributed by atoms with van der Waals surface area (Å²) < 4.78 is 1.76. The van der Waals surface area contributed by atoms with Gasteiger partial charge >= 0.3 is 5.97 Å². The number of carbonyl (C=O) groups is 2. The van der Waals surface area contributed by atoms with Crippen LogP contribution in [0.3, 0.4) is 0 Å². The normalized spacial score (nSPS) is 12.2. The fourth-order valence-corrected chi connectivity index (χ4v) is 2.49. The van der Waals surface area contributed by atoms with Gasteiger partial charge in [-0.1, -0.05) is 30.3 Å². The Morgan fingerprint density at radius 2 is 1.91 bits per heavy atom. The lowest BCUT2D eigenvalue weighted by molar-refractivity contribution is -0.138. The third-order valence-corrected chi connectivity index (χ3v) is 3.75. The molecule has 2 aromatic rings. The second-order valence-electron chi connectivity index (χ2n) is 5.69. The van der Waals surface area contributed by atoms with E-state index in [1.54, 1.807) is 28.9 Å². The van der Waals surface area contributed by atoms with Gasteiger partial charge in [0.2, 0.25) is 0 Å². The number of amides is 1. The third kappa shape index (κ3) is 3.77. The van der Waals surface area contributed by atoms with Gasteiger partial charge in [0.1, 0.15) is 0 Å². The number of carboxylic acid groups (broad SMARTS) is 1. The summed E-state index contributed by atoms with van der Waals surface area (Å²) in [7, 11) is 0. The molecule has 0 aliphatic rings. The molecule has 0 aliphatic heterocycles. The zero-order chi connectivity index (χ0) is 17.0. The van der Waals surface area contributed by atoms with Crippen molar-refractivity contribution in [3.05, 3.63) is 53.3 Å². The lowest BCUT2D eigenvalue weighted by Crippen LogP contribution is -2.32. The van der Waals surface area contributed by atoms with Crippen LogP contribution in [0, 0.1) is 6.92 Å². The first-order valence-electron chi connectivity index (χ1n) is 7.52. The van der Waals surface area contributed by atoms with Gasteiger partial charge in [-0.25, -0.2) is 0 Å². The molecule has 0 fully saturated rings. The molecule has 2 rings (SSSR count). The first-order chi connectivity index (χ1) is 10.9. The zero-order valence-corrected chi connectivity index (χ0v) is 13.5. The topological polar surface area (TPSA) is 84.2 Å². The van der Waals surface area contributed by atoms with E-state index in [1.807, 2.05) is 26.8 Å². The van der Waals surface area contributed by atoms with Gasteiger partial charge in [0.15, 0.2) is 0 Å². The van der Waals surface area contributed by atoms with Gasteiger partial charge in [-0.3, -0.25) is 14.3 Å². The standard InChI is InChI=1S/C17H21N3O3/c1-11(2)20-12(3)14(10-19-20)16(21)18-9-15(17(22)23)13-7-5-4-6-8-13/h4-8,10-11,15H,9H2,1-3H3,(H,18,21)(H,22,23). The molecule has 0 saturated heterocycles. The third-order valence-electron chi connectivity index (χ3n) is 3.75. The smallest absolute Gasteiger partial charge is 0.312 e. The highest BCUT2D eigenvalue weighted by molar-refractivity contribution is 5.95. The van der Waals surface area contributed by atoms with E-state index < -0.39 is 11.9 Å². The highest BCUT2D eigenvalue weighted by Gasteiger charge is 2.22. The molecule has 0 saturated carbocycles. The highest BCUT2D eigenvalue weighted by atomic mass is 16.4. The molecule has 23 heavy (non-hydrogen) atoms. The first-order valence-corrected chi connectivity index (χ1v) is 7.52. The van der Waals surface area contributed by atoms with E-state index in [9.17, 15) is 14.7 Å². The van der Waals surface area contributed by atoms with E-state index in [0.717, 1.165) is 5.69 Å². The largest absolute Gasteiger partial charge is 0.481 e. The van der Waals surface area contributed by atoms with Gasteiger partial charge in [-0.05, 0) is 26.3 Å². The monoisotopic (exact) mass is 315 g/mol. The number of carboxylic acids is 1. The molecule has 1 unspecified atom stereocenters. The number of nitrogens with zero attached hydrogens (tertiary/aromatic N) is 2. The Bertz CT molecular complexity index is 692. The minimum Gasteiger partial charge on any atom is -0.481 e. The molecule has 1 atom stereocenters. The molecule has 1 aromatic carbocycles. The summed E-state index contributed by atoms with van der Waals surface area (Å²) in [6.45, 7) is 5.83. The Morgan fingerprint density at radius 1 is 1.26 bits per heavy atom. The predicted molar refractivity (Wildman–Crippen MR) is 86.5 cm³/mol. The van der Waals surface area contributed by atoms with Crippen LogP contribution in [0.2, 0.25) is 0 Å². The van der Waals surface area contributed by atoms with Gasteiger partial charge < -0.3 is 10.4 Å². The van der Waals surface area contributed by atoms with Crippen LogP contribution in [-0.2, 0) is 4.79 Å². The SMILES string of the molecule is Cc1c(C(=O)NCC(C(=O)O)c2ccccc2)cnn1C(C)C. The lowest BCUT2D eigenvalue weighted by atomic mass is 9.99. The molecule has 1 amide bonds. The summed E-state index contributed by atoms with van der Waals surface area (Å²) in [6, 6.07) is 9.03. The highest BCUT2D eigenvalue weighted by Crippen LogP contribution is 2.16. The molecule has 1 heterocycles. The van der Waals surface area contributed by atoms with E-state index in [2.05, 4.69) is 10.4 Å². The number of carbonyl (C=O) groups excluding carboxylic acids is 1. The van der Waals surface area contributed by atoms with Crippen LogP contribution in [0.5, 0.6) is 0 Å². The summed E-state index contributed by atoms with van der Waals surface area (Å²) in [5.74, 6) is -2.05. The van der Waals surface area contributed by atoms with Crippen LogP contribution in [0.4, 0.5) is 0 Å². The number of hydrogen-bond donors (Lipinski definition) is 2. The number of aromatic nitrogens is 2. The van der Waals surface area contributed by atoms with Crippen molar-refractivity contribution in [3.8, 4) is 0 Å². The Labute approximate surface area is 135 Å². The van der Waals surface area contributed by atoms with E-state index >= 15 is 0 Å². The minimum absolute atomic E-state index is 0.0322. The molecule has 6 heteroatoms. The van der Waals surface area contributed by atoms with Crippen molar-refractivity contribution in [3.63, 3.8) is 0 Å². The summed E-state index contributed by atoms with van der Waals surface area (Å²) in [4.78, 5) is 23.7. The van der Waals surface area contributed by atoms with Gasteiger partial charge in [-0.15, -0.1) is 0 Å². The molecule has 1 aromatic heterocycles. The van der Waals surface area contributed by atoms with Gasteiger partial charge in [0.25, 0.3) is 5.91 Å². The van der Waals surface area contributed by atoms with Crippen molar-refractivity contribution in [2.24, 2.45) is 0 Å². The summed E-state index contributed by atoms with van der Waals surface area (Å²) in [5, 5.41) is 16.3. The van der Waals surface area contributed by atoms with Gasteiger partial charge in [0, 0.05) is 18.3 Å². The number of hydrogen-bond acceptors (Lipinski definition) is 3. The van der Waals surface area contributed by atoms with E-state index in [0.29, 0.717) is 11.1 Å². The molecule has 0 spiro atoms. The molecule has 122 valence electrons. The van der Waals surface area contributed by atoms with Crippen molar-refractivity contribution >= 4 is 11.9 Å². The Kier molecular flexibility index (Phi) is 5.16.